The topological polar surface area (TPSA) is 99.7 Å². The van der Waals surface area contributed by atoms with Gasteiger partial charge in [-0.1, -0.05) is 54.1 Å². The average molecular weight is 524 g/mol. The van der Waals surface area contributed by atoms with E-state index in [-0.39, 0.29) is 24.1 Å². The highest BCUT2D eigenvalue weighted by atomic mass is 16.5. The van der Waals surface area contributed by atoms with Gasteiger partial charge in [0.05, 0.1) is 13.0 Å². The van der Waals surface area contributed by atoms with Crippen molar-refractivity contribution in [3.05, 3.63) is 114 Å². The molecule has 7 nitrogen and oxygen atoms in total. The van der Waals surface area contributed by atoms with Crippen LogP contribution < -0.4 is 20.7 Å². The fourth-order valence-corrected chi connectivity index (χ4v) is 4.23. The van der Waals surface area contributed by atoms with Gasteiger partial charge in [-0.25, -0.2) is 0 Å². The van der Waals surface area contributed by atoms with Crippen molar-refractivity contribution in [2.75, 3.05) is 32.1 Å². The Bertz CT molecular complexity index is 1380. The van der Waals surface area contributed by atoms with Crippen LogP contribution in [0.3, 0.4) is 0 Å². The number of hydrogen-bond donors (Lipinski definition) is 4. The Labute approximate surface area is 228 Å². The summed E-state index contributed by atoms with van der Waals surface area (Å²) in [4.78, 5) is 26.1. The molecule has 1 unspecified atom stereocenters. The number of amides is 2. The van der Waals surface area contributed by atoms with E-state index in [0.29, 0.717) is 18.7 Å². The molecule has 39 heavy (non-hydrogen) atoms. The summed E-state index contributed by atoms with van der Waals surface area (Å²) in [6.45, 7) is 3.05. The maximum absolute atomic E-state index is 13.3. The molecule has 0 aromatic heterocycles. The molecular formula is C32H33N3O4. The summed E-state index contributed by atoms with van der Waals surface area (Å²) < 4.78 is 5.18. The number of nitrogens with one attached hydrogen (secondary N) is 3. The third-order valence-electron chi connectivity index (χ3n) is 6.42. The van der Waals surface area contributed by atoms with Gasteiger partial charge in [0, 0.05) is 30.9 Å². The predicted octanol–water partition coefficient (Wildman–Crippen LogP) is 5.12. The van der Waals surface area contributed by atoms with E-state index >= 15 is 0 Å². The molecule has 0 saturated heterocycles. The third-order valence-corrected chi connectivity index (χ3v) is 6.42. The monoisotopic (exact) mass is 523 g/mol. The van der Waals surface area contributed by atoms with E-state index in [1.165, 1.54) is 0 Å². The summed E-state index contributed by atoms with van der Waals surface area (Å²) in [6.07, 6.45) is 0. The Morgan fingerprint density at radius 2 is 1.49 bits per heavy atom. The number of phenolic OH excluding ortho intramolecular Hbond substituents is 1. The Balaban J connectivity index is 1.43. The van der Waals surface area contributed by atoms with Crippen LogP contribution in [-0.2, 0) is 4.79 Å². The Hall–Kier alpha value is -4.78. The zero-order valence-electron chi connectivity index (χ0n) is 22.1. The number of methoxy groups -OCH3 is 1. The second-order valence-electron chi connectivity index (χ2n) is 9.25. The lowest BCUT2D eigenvalue weighted by molar-refractivity contribution is -0.122. The van der Waals surface area contributed by atoms with Crippen LogP contribution in [0.4, 0.5) is 5.69 Å². The van der Waals surface area contributed by atoms with Crippen molar-refractivity contribution in [2.45, 2.75) is 12.8 Å². The molecule has 0 radical (unpaired) electrons. The highest BCUT2D eigenvalue weighted by Gasteiger charge is 2.22. The molecule has 0 heterocycles. The van der Waals surface area contributed by atoms with Gasteiger partial charge >= 0.3 is 0 Å². The first-order chi connectivity index (χ1) is 18.9. The van der Waals surface area contributed by atoms with Crippen LogP contribution in [0.25, 0.3) is 11.1 Å². The lowest BCUT2D eigenvalue weighted by atomic mass is 9.95. The van der Waals surface area contributed by atoms with E-state index in [2.05, 4.69) is 16.0 Å². The third kappa shape index (κ3) is 7.61. The lowest BCUT2D eigenvalue weighted by Gasteiger charge is -2.19. The first kappa shape index (κ1) is 27.3. The van der Waals surface area contributed by atoms with Gasteiger partial charge in [-0.15, -0.1) is 0 Å². The molecule has 7 heteroatoms. The Morgan fingerprint density at radius 3 is 2.13 bits per heavy atom. The van der Waals surface area contributed by atoms with Crippen molar-refractivity contribution in [1.82, 2.24) is 10.6 Å². The Morgan fingerprint density at radius 1 is 0.821 bits per heavy atom. The van der Waals surface area contributed by atoms with Crippen LogP contribution in [0.15, 0.2) is 97.1 Å². The molecular weight excluding hydrogens is 490 g/mol. The van der Waals surface area contributed by atoms with Crippen molar-refractivity contribution >= 4 is 17.5 Å². The van der Waals surface area contributed by atoms with Gasteiger partial charge in [0.15, 0.2) is 0 Å². The molecule has 0 spiro atoms. The molecule has 200 valence electrons. The minimum atomic E-state index is -0.575. The van der Waals surface area contributed by atoms with E-state index < -0.39 is 5.92 Å². The van der Waals surface area contributed by atoms with E-state index in [1.807, 2.05) is 85.8 Å². The first-order valence-electron chi connectivity index (χ1n) is 12.8. The number of aryl methyl sites for hydroxylation is 1. The minimum Gasteiger partial charge on any atom is -0.508 e. The summed E-state index contributed by atoms with van der Waals surface area (Å²) >= 11 is 0. The van der Waals surface area contributed by atoms with Gasteiger partial charge in [0.25, 0.3) is 5.91 Å². The highest BCUT2D eigenvalue weighted by Crippen LogP contribution is 2.25. The van der Waals surface area contributed by atoms with Gasteiger partial charge in [-0.05, 0) is 72.1 Å². The molecule has 0 aliphatic rings. The smallest absolute Gasteiger partial charge is 0.251 e. The van der Waals surface area contributed by atoms with Gasteiger partial charge in [0.2, 0.25) is 5.91 Å². The number of aromatic hydroxyl groups is 1. The standard InChI is InChI=1S/C32H33N3O4/c1-22-4-3-5-26(20-22)31(37)35-21-30(25-8-6-23(7-9-25)24-10-14-28(36)15-11-24)32(38)34-19-18-33-27-12-16-29(39-2)17-13-27/h3-17,20,30,33,36H,18-19,21H2,1-2H3,(H,34,38)(H,35,37). The van der Waals surface area contributed by atoms with Crippen molar-refractivity contribution in [2.24, 2.45) is 0 Å². The summed E-state index contributed by atoms with van der Waals surface area (Å²) in [5.41, 5.74) is 5.19. The largest absolute Gasteiger partial charge is 0.508 e. The number of hydrogen-bond acceptors (Lipinski definition) is 5. The minimum absolute atomic E-state index is 0.156. The van der Waals surface area contributed by atoms with E-state index in [9.17, 15) is 14.7 Å². The lowest BCUT2D eigenvalue weighted by Crippen LogP contribution is -2.39. The second kappa shape index (κ2) is 13.1. The highest BCUT2D eigenvalue weighted by molar-refractivity contribution is 5.95. The molecule has 0 fully saturated rings. The fraction of sp³-hybridized carbons (Fsp3) is 0.188. The maximum Gasteiger partial charge on any atom is 0.251 e. The van der Waals surface area contributed by atoms with Crippen LogP contribution in [0, 0.1) is 6.92 Å². The van der Waals surface area contributed by atoms with Crippen molar-refractivity contribution in [3.8, 4) is 22.6 Å². The first-order valence-corrected chi connectivity index (χ1v) is 12.8. The molecule has 1 atom stereocenters. The molecule has 4 aromatic rings. The molecule has 2 amide bonds. The van der Waals surface area contributed by atoms with Crippen LogP contribution in [0.5, 0.6) is 11.5 Å². The van der Waals surface area contributed by atoms with Gasteiger partial charge < -0.3 is 25.8 Å². The fourth-order valence-electron chi connectivity index (χ4n) is 4.23. The Kier molecular flexibility index (Phi) is 9.19. The number of phenols is 1. The zero-order valence-corrected chi connectivity index (χ0v) is 22.1. The number of ether oxygens (including phenoxy) is 1. The van der Waals surface area contributed by atoms with Crippen LogP contribution >= 0.6 is 0 Å². The number of carbonyl (C=O) groups is 2. The van der Waals surface area contributed by atoms with E-state index in [0.717, 1.165) is 33.7 Å². The normalized spacial score (nSPS) is 11.3. The molecule has 4 N–H and O–H groups in total. The SMILES string of the molecule is COc1ccc(NCCNC(=O)C(CNC(=O)c2cccc(C)c2)c2ccc(-c3ccc(O)cc3)cc2)cc1. The zero-order chi connectivity index (χ0) is 27.6. The van der Waals surface area contributed by atoms with E-state index in [4.69, 9.17) is 4.74 Å². The quantitative estimate of drug-likeness (QED) is 0.205. The number of carbonyl (C=O) groups excluding carboxylic acids is 2. The van der Waals surface area contributed by atoms with Crippen molar-refractivity contribution in [3.63, 3.8) is 0 Å². The van der Waals surface area contributed by atoms with Crippen molar-refractivity contribution < 1.29 is 19.4 Å². The molecule has 0 aliphatic carbocycles. The number of rotatable bonds is 11. The second-order valence-corrected chi connectivity index (χ2v) is 9.25. The average Bonchev–Trinajstić information content (AvgIpc) is 2.96. The predicted molar refractivity (Wildman–Crippen MR) is 154 cm³/mol. The van der Waals surface area contributed by atoms with Gasteiger partial charge in [-0.3, -0.25) is 9.59 Å². The van der Waals surface area contributed by atoms with Gasteiger partial charge in [0.1, 0.15) is 11.5 Å². The van der Waals surface area contributed by atoms with Crippen LogP contribution in [0.1, 0.15) is 27.4 Å². The summed E-state index contributed by atoms with van der Waals surface area (Å²) in [7, 11) is 1.62. The van der Waals surface area contributed by atoms with E-state index in [1.54, 1.807) is 25.3 Å². The summed E-state index contributed by atoms with van der Waals surface area (Å²) in [6, 6.07) is 29.6. The molecule has 4 rings (SSSR count). The number of benzene rings is 4. The molecule has 0 bridgehead atoms. The van der Waals surface area contributed by atoms with Crippen LogP contribution in [0.2, 0.25) is 0 Å². The van der Waals surface area contributed by atoms with Crippen molar-refractivity contribution in [1.29, 1.82) is 0 Å². The summed E-state index contributed by atoms with van der Waals surface area (Å²) in [5, 5.41) is 18.8. The van der Waals surface area contributed by atoms with Gasteiger partial charge in [-0.2, -0.15) is 0 Å². The number of anilines is 1. The maximum atomic E-state index is 13.3. The molecule has 0 aliphatic heterocycles. The van der Waals surface area contributed by atoms with Crippen LogP contribution in [-0.4, -0.2) is 43.7 Å². The summed E-state index contributed by atoms with van der Waals surface area (Å²) in [5.74, 6) is 0.0132. The molecule has 4 aromatic carbocycles. The molecule has 0 saturated carbocycles.